The van der Waals surface area contributed by atoms with E-state index in [1.54, 1.807) is 0 Å². The molecule has 0 atom stereocenters. The van der Waals surface area contributed by atoms with Gasteiger partial charge in [-0.1, -0.05) is 17.7 Å². The van der Waals surface area contributed by atoms with Crippen LogP contribution in [0.4, 0.5) is 5.69 Å². The minimum Gasteiger partial charge on any atom is -0.398 e. The highest BCUT2D eigenvalue weighted by atomic mass is 15.2. The minimum atomic E-state index is 0.705. The fraction of sp³-hybridized carbons (Fsp3) is 0.200. The van der Waals surface area contributed by atoms with Crippen LogP contribution in [0.5, 0.6) is 0 Å². The highest BCUT2D eigenvalue weighted by Gasteiger charge is 2.13. The van der Waals surface area contributed by atoms with Crippen LogP contribution in [0.2, 0.25) is 0 Å². The molecule has 0 radical (unpaired) electrons. The summed E-state index contributed by atoms with van der Waals surface area (Å²) in [6.07, 6.45) is 1.86. The number of anilines is 1. The number of aryl methyl sites for hydroxylation is 3. The van der Waals surface area contributed by atoms with E-state index in [4.69, 9.17) is 5.73 Å². The summed E-state index contributed by atoms with van der Waals surface area (Å²) >= 11 is 0. The van der Waals surface area contributed by atoms with Crippen molar-refractivity contribution >= 4 is 11.3 Å². The third-order valence-electron chi connectivity index (χ3n) is 3.33. The summed E-state index contributed by atoms with van der Waals surface area (Å²) in [7, 11) is 0. The first-order valence-electron chi connectivity index (χ1n) is 6.25. The second kappa shape index (κ2) is 4.09. The van der Waals surface area contributed by atoms with Gasteiger partial charge in [0.1, 0.15) is 0 Å². The second-order valence-corrected chi connectivity index (χ2v) is 4.99. The van der Waals surface area contributed by atoms with Crippen molar-refractivity contribution in [1.82, 2.24) is 14.6 Å². The van der Waals surface area contributed by atoms with Gasteiger partial charge in [0.15, 0.2) is 11.5 Å². The number of rotatable bonds is 1. The first-order chi connectivity index (χ1) is 9.06. The third kappa shape index (κ3) is 1.85. The molecule has 96 valence electrons. The molecule has 0 saturated carbocycles. The zero-order valence-electron chi connectivity index (χ0n) is 11.3. The van der Waals surface area contributed by atoms with Crippen LogP contribution in [0.1, 0.15) is 16.7 Å². The third-order valence-corrected chi connectivity index (χ3v) is 3.33. The number of nitrogen functional groups attached to an aromatic ring is 1. The standard InChI is InChI=1S/C15H16N4/c1-9-6-10(2)14(11(3)7-9)15-18-17-13-5-4-12(16)8-19(13)15/h4-8H,16H2,1-3H3. The Morgan fingerprint density at radius 3 is 2.37 bits per heavy atom. The first kappa shape index (κ1) is 11.7. The van der Waals surface area contributed by atoms with Gasteiger partial charge in [-0.05, 0) is 44.0 Å². The van der Waals surface area contributed by atoms with Crippen LogP contribution < -0.4 is 5.73 Å². The number of nitrogens with two attached hydrogens (primary N) is 1. The number of nitrogens with zero attached hydrogens (tertiary/aromatic N) is 3. The summed E-state index contributed by atoms with van der Waals surface area (Å²) in [5.74, 6) is 0.845. The summed E-state index contributed by atoms with van der Waals surface area (Å²) < 4.78 is 1.94. The molecule has 0 aliphatic carbocycles. The van der Waals surface area contributed by atoms with Gasteiger partial charge in [-0.3, -0.25) is 4.40 Å². The van der Waals surface area contributed by atoms with Crippen LogP contribution in [-0.2, 0) is 0 Å². The average Bonchev–Trinajstić information content (AvgIpc) is 2.71. The van der Waals surface area contributed by atoms with Crippen LogP contribution in [0.3, 0.4) is 0 Å². The Morgan fingerprint density at radius 2 is 1.68 bits per heavy atom. The topological polar surface area (TPSA) is 56.2 Å². The lowest BCUT2D eigenvalue weighted by molar-refractivity contribution is 1.10. The molecule has 2 N–H and O–H groups in total. The lowest BCUT2D eigenvalue weighted by atomic mass is 9.99. The molecule has 0 fully saturated rings. The van der Waals surface area contributed by atoms with E-state index in [0.29, 0.717) is 5.69 Å². The predicted molar refractivity (Wildman–Crippen MR) is 77.0 cm³/mol. The van der Waals surface area contributed by atoms with Crippen molar-refractivity contribution in [1.29, 1.82) is 0 Å². The maximum absolute atomic E-state index is 5.85. The Morgan fingerprint density at radius 1 is 1.00 bits per heavy atom. The number of benzene rings is 1. The monoisotopic (exact) mass is 252 g/mol. The van der Waals surface area contributed by atoms with Gasteiger partial charge in [0.05, 0.1) is 0 Å². The van der Waals surface area contributed by atoms with Gasteiger partial charge < -0.3 is 5.73 Å². The summed E-state index contributed by atoms with van der Waals surface area (Å²) in [6.45, 7) is 6.30. The Kier molecular flexibility index (Phi) is 2.52. The summed E-state index contributed by atoms with van der Waals surface area (Å²) in [5.41, 5.74) is 12.2. The van der Waals surface area contributed by atoms with E-state index in [1.165, 1.54) is 16.7 Å². The fourth-order valence-corrected chi connectivity index (χ4v) is 2.61. The van der Waals surface area contributed by atoms with Gasteiger partial charge in [-0.2, -0.15) is 0 Å². The highest BCUT2D eigenvalue weighted by molar-refractivity contribution is 5.68. The molecule has 0 spiro atoms. The molecule has 0 saturated heterocycles. The molecular formula is C15H16N4. The molecule has 4 heteroatoms. The second-order valence-electron chi connectivity index (χ2n) is 4.99. The SMILES string of the molecule is Cc1cc(C)c(-c2nnc3ccc(N)cn23)c(C)c1. The normalized spacial score (nSPS) is 11.1. The van der Waals surface area contributed by atoms with E-state index in [2.05, 4.69) is 43.1 Å². The summed E-state index contributed by atoms with van der Waals surface area (Å²) in [4.78, 5) is 0. The van der Waals surface area contributed by atoms with Gasteiger partial charge in [0.2, 0.25) is 0 Å². The van der Waals surface area contributed by atoms with Gasteiger partial charge in [-0.25, -0.2) is 0 Å². The molecule has 2 aromatic heterocycles. The van der Waals surface area contributed by atoms with Crippen LogP contribution in [0.15, 0.2) is 30.5 Å². The smallest absolute Gasteiger partial charge is 0.168 e. The van der Waals surface area contributed by atoms with Crippen molar-refractivity contribution in [3.63, 3.8) is 0 Å². The van der Waals surface area contributed by atoms with E-state index in [1.807, 2.05) is 22.7 Å². The molecular weight excluding hydrogens is 236 g/mol. The highest BCUT2D eigenvalue weighted by Crippen LogP contribution is 2.27. The van der Waals surface area contributed by atoms with Crippen LogP contribution in [0.25, 0.3) is 17.0 Å². The number of aromatic nitrogens is 3. The van der Waals surface area contributed by atoms with E-state index in [9.17, 15) is 0 Å². The maximum Gasteiger partial charge on any atom is 0.168 e. The number of hydrogen-bond donors (Lipinski definition) is 1. The van der Waals surface area contributed by atoms with E-state index in [0.717, 1.165) is 17.0 Å². The molecule has 3 aromatic rings. The van der Waals surface area contributed by atoms with E-state index >= 15 is 0 Å². The lowest BCUT2D eigenvalue weighted by Gasteiger charge is -2.10. The van der Waals surface area contributed by atoms with Crippen LogP contribution in [-0.4, -0.2) is 14.6 Å². The molecule has 0 aliphatic heterocycles. The Balaban J connectivity index is 2.33. The van der Waals surface area contributed by atoms with Crippen molar-refractivity contribution in [3.05, 3.63) is 47.2 Å². The Bertz CT molecular complexity index is 748. The van der Waals surface area contributed by atoms with Crippen molar-refractivity contribution in [2.75, 3.05) is 5.73 Å². The molecule has 0 unspecified atom stereocenters. The van der Waals surface area contributed by atoms with Crippen LogP contribution in [0, 0.1) is 20.8 Å². The molecule has 19 heavy (non-hydrogen) atoms. The molecule has 3 rings (SSSR count). The van der Waals surface area contributed by atoms with Crippen LogP contribution >= 0.6 is 0 Å². The molecule has 0 aliphatic rings. The van der Waals surface area contributed by atoms with Gasteiger partial charge >= 0.3 is 0 Å². The zero-order chi connectivity index (χ0) is 13.6. The quantitative estimate of drug-likeness (QED) is 0.724. The molecule has 2 heterocycles. The van der Waals surface area contributed by atoms with E-state index < -0.39 is 0 Å². The van der Waals surface area contributed by atoms with E-state index in [-0.39, 0.29) is 0 Å². The summed E-state index contributed by atoms with van der Waals surface area (Å²) in [5, 5.41) is 8.51. The Labute approximate surface area is 111 Å². The summed E-state index contributed by atoms with van der Waals surface area (Å²) in [6, 6.07) is 8.04. The van der Waals surface area contributed by atoms with Gasteiger partial charge in [-0.15, -0.1) is 10.2 Å². The molecule has 0 amide bonds. The number of hydrogen-bond acceptors (Lipinski definition) is 3. The largest absolute Gasteiger partial charge is 0.398 e. The maximum atomic E-state index is 5.85. The zero-order valence-corrected chi connectivity index (χ0v) is 11.3. The average molecular weight is 252 g/mol. The number of pyridine rings is 1. The lowest BCUT2D eigenvalue weighted by Crippen LogP contribution is -1.97. The fourth-order valence-electron chi connectivity index (χ4n) is 2.61. The van der Waals surface area contributed by atoms with Crippen molar-refractivity contribution in [3.8, 4) is 11.4 Å². The van der Waals surface area contributed by atoms with Gasteiger partial charge in [0, 0.05) is 17.4 Å². The van der Waals surface area contributed by atoms with Crippen molar-refractivity contribution < 1.29 is 0 Å². The van der Waals surface area contributed by atoms with Crippen molar-refractivity contribution in [2.45, 2.75) is 20.8 Å². The molecule has 4 nitrogen and oxygen atoms in total. The van der Waals surface area contributed by atoms with Gasteiger partial charge in [0.25, 0.3) is 0 Å². The first-order valence-corrected chi connectivity index (χ1v) is 6.25. The predicted octanol–water partition coefficient (Wildman–Crippen LogP) is 2.90. The van der Waals surface area contributed by atoms with Crippen molar-refractivity contribution in [2.24, 2.45) is 0 Å². The Hall–Kier alpha value is -2.36. The number of fused-ring (bicyclic) bond motifs is 1. The molecule has 1 aromatic carbocycles. The minimum absolute atomic E-state index is 0.705. The molecule has 0 bridgehead atoms.